The van der Waals surface area contributed by atoms with Crippen molar-refractivity contribution in [2.45, 2.75) is 0 Å². The smallest absolute Gasteiger partial charge is 0.160 e. The Bertz CT molecular complexity index is 547. The van der Waals surface area contributed by atoms with Crippen LogP contribution in [0.5, 0.6) is 0 Å². The molecule has 17 heavy (non-hydrogen) atoms. The molecule has 0 heterocycles. The highest BCUT2D eigenvalue weighted by Gasteiger charge is 2.00. The second-order valence-corrected chi connectivity index (χ2v) is 3.41. The lowest BCUT2D eigenvalue weighted by molar-refractivity contribution is 0.509. The van der Waals surface area contributed by atoms with Crippen LogP contribution >= 0.6 is 0 Å². The zero-order valence-corrected chi connectivity index (χ0v) is 8.70. The second-order valence-electron chi connectivity index (χ2n) is 3.41. The van der Waals surface area contributed by atoms with Gasteiger partial charge in [-0.25, -0.2) is 13.2 Å². The topological polar surface area (TPSA) is 12.4 Å². The summed E-state index contributed by atoms with van der Waals surface area (Å²) in [6.07, 6.45) is 1.45. The summed E-state index contributed by atoms with van der Waals surface area (Å²) < 4.78 is 38.1. The molecule has 0 spiro atoms. The van der Waals surface area contributed by atoms with Gasteiger partial charge in [-0.3, -0.25) is 4.99 Å². The first kappa shape index (κ1) is 11.4. The summed E-state index contributed by atoms with van der Waals surface area (Å²) in [6.45, 7) is 0. The van der Waals surface area contributed by atoms with Crippen molar-refractivity contribution in [1.29, 1.82) is 0 Å². The summed E-state index contributed by atoms with van der Waals surface area (Å²) in [5.74, 6) is -2.19. The molecule has 86 valence electrons. The van der Waals surface area contributed by atoms with E-state index in [0.717, 1.165) is 12.1 Å². The van der Waals surface area contributed by atoms with Gasteiger partial charge in [0.1, 0.15) is 5.82 Å². The van der Waals surface area contributed by atoms with Gasteiger partial charge in [-0.2, -0.15) is 0 Å². The van der Waals surface area contributed by atoms with E-state index in [9.17, 15) is 13.2 Å². The quantitative estimate of drug-likeness (QED) is 0.701. The molecule has 0 saturated heterocycles. The van der Waals surface area contributed by atoms with Crippen molar-refractivity contribution in [1.82, 2.24) is 0 Å². The molecule has 0 atom stereocenters. The minimum absolute atomic E-state index is 0.299. The zero-order chi connectivity index (χ0) is 12.3. The van der Waals surface area contributed by atoms with Crippen molar-refractivity contribution in [3.8, 4) is 0 Å². The normalized spacial score (nSPS) is 11.0. The highest BCUT2D eigenvalue weighted by Crippen LogP contribution is 2.16. The minimum atomic E-state index is -0.946. The van der Waals surface area contributed by atoms with E-state index in [2.05, 4.69) is 4.99 Å². The fourth-order valence-electron chi connectivity index (χ4n) is 1.26. The maximum absolute atomic E-state index is 12.9. The number of hydrogen-bond acceptors (Lipinski definition) is 1. The summed E-state index contributed by atoms with van der Waals surface area (Å²) in [6, 6.07) is 9.04. The molecule has 0 aliphatic carbocycles. The van der Waals surface area contributed by atoms with Gasteiger partial charge in [-0.15, -0.1) is 0 Å². The van der Waals surface area contributed by atoms with Crippen LogP contribution in [0.1, 0.15) is 5.56 Å². The molecule has 0 saturated carbocycles. The second kappa shape index (κ2) is 4.82. The monoisotopic (exact) mass is 235 g/mol. The van der Waals surface area contributed by atoms with Gasteiger partial charge < -0.3 is 0 Å². The molecule has 0 bridgehead atoms. The fraction of sp³-hybridized carbons (Fsp3) is 0. The third-order valence-corrected chi connectivity index (χ3v) is 2.14. The Morgan fingerprint density at radius 3 is 2.18 bits per heavy atom. The molecule has 1 nitrogen and oxygen atoms in total. The standard InChI is InChI=1S/C13H8F3N/c14-10-3-1-9(2-4-10)8-17-11-5-6-12(15)13(16)7-11/h1-8H. The molecule has 4 heteroatoms. The summed E-state index contributed by atoms with van der Waals surface area (Å²) in [4.78, 5) is 3.95. The molecule has 0 radical (unpaired) electrons. The summed E-state index contributed by atoms with van der Waals surface area (Å²) in [5.41, 5.74) is 0.976. The van der Waals surface area contributed by atoms with Gasteiger partial charge >= 0.3 is 0 Å². The van der Waals surface area contributed by atoms with Crippen LogP contribution in [0.4, 0.5) is 18.9 Å². The van der Waals surface area contributed by atoms with Crippen molar-refractivity contribution in [3.05, 3.63) is 65.5 Å². The van der Waals surface area contributed by atoms with Crippen molar-refractivity contribution in [3.63, 3.8) is 0 Å². The maximum atomic E-state index is 12.9. The molecule has 0 aliphatic heterocycles. The molecule has 2 aromatic carbocycles. The van der Waals surface area contributed by atoms with Gasteiger partial charge in [0.05, 0.1) is 5.69 Å². The van der Waals surface area contributed by atoms with Crippen LogP contribution in [0.2, 0.25) is 0 Å². The van der Waals surface area contributed by atoms with Crippen molar-refractivity contribution in [2.75, 3.05) is 0 Å². The first-order valence-electron chi connectivity index (χ1n) is 4.90. The van der Waals surface area contributed by atoms with E-state index in [1.807, 2.05) is 0 Å². The largest absolute Gasteiger partial charge is 0.256 e. The Hall–Kier alpha value is -2.10. The minimum Gasteiger partial charge on any atom is -0.256 e. The molecule has 0 unspecified atom stereocenters. The average molecular weight is 235 g/mol. The van der Waals surface area contributed by atoms with Crippen LogP contribution in [0, 0.1) is 17.5 Å². The molecule has 0 aromatic heterocycles. The number of benzene rings is 2. The van der Waals surface area contributed by atoms with Gasteiger partial charge in [0, 0.05) is 12.3 Å². The van der Waals surface area contributed by atoms with Crippen LogP contribution in [-0.4, -0.2) is 6.21 Å². The molecular weight excluding hydrogens is 227 g/mol. The van der Waals surface area contributed by atoms with E-state index in [1.165, 1.54) is 24.4 Å². The lowest BCUT2D eigenvalue weighted by Crippen LogP contribution is -1.83. The molecule has 0 fully saturated rings. The molecule has 2 rings (SSSR count). The molecule has 0 N–H and O–H groups in total. The highest BCUT2D eigenvalue weighted by atomic mass is 19.2. The number of halogens is 3. The Morgan fingerprint density at radius 1 is 0.824 bits per heavy atom. The Balaban J connectivity index is 2.20. The summed E-state index contributed by atoms with van der Waals surface area (Å²) in [7, 11) is 0. The fourth-order valence-corrected chi connectivity index (χ4v) is 1.26. The maximum Gasteiger partial charge on any atom is 0.160 e. The Kier molecular flexibility index (Phi) is 3.23. The molecule has 0 aliphatic rings. The number of rotatable bonds is 2. The predicted molar refractivity (Wildman–Crippen MR) is 60.0 cm³/mol. The van der Waals surface area contributed by atoms with E-state index < -0.39 is 11.6 Å². The lowest BCUT2D eigenvalue weighted by atomic mass is 10.2. The predicted octanol–water partition coefficient (Wildman–Crippen LogP) is 3.85. The van der Waals surface area contributed by atoms with Gasteiger partial charge in [0.15, 0.2) is 11.6 Å². The van der Waals surface area contributed by atoms with Crippen molar-refractivity contribution >= 4 is 11.9 Å². The number of hydrogen-bond donors (Lipinski definition) is 0. The van der Waals surface area contributed by atoms with Crippen LogP contribution in [-0.2, 0) is 0 Å². The summed E-state index contributed by atoms with van der Waals surface area (Å²) in [5, 5.41) is 0. The first-order valence-corrected chi connectivity index (χ1v) is 4.90. The molecule has 2 aromatic rings. The molecule has 0 amide bonds. The molecular formula is C13H8F3N. The van der Waals surface area contributed by atoms with Crippen LogP contribution in [0.25, 0.3) is 0 Å². The third kappa shape index (κ3) is 2.93. The Labute approximate surface area is 96.2 Å². The lowest BCUT2D eigenvalue weighted by Gasteiger charge is -1.96. The van der Waals surface area contributed by atoms with Crippen LogP contribution in [0.3, 0.4) is 0 Å². The van der Waals surface area contributed by atoms with Gasteiger partial charge in [0.25, 0.3) is 0 Å². The number of aliphatic imine (C=N–C) groups is 1. The third-order valence-electron chi connectivity index (χ3n) is 2.14. The summed E-state index contributed by atoms with van der Waals surface area (Å²) >= 11 is 0. The van der Waals surface area contributed by atoms with Gasteiger partial charge in [0.2, 0.25) is 0 Å². The average Bonchev–Trinajstić information content (AvgIpc) is 2.33. The van der Waals surface area contributed by atoms with E-state index in [4.69, 9.17) is 0 Å². The SMILES string of the molecule is Fc1ccc(C=Nc2ccc(F)c(F)c2)cc1. The van der Waals surface area contributed by atoms with Crippen molar-refractivity contribution in [2.24, 2.45) is 4.99 Å². The van der Waals surface area contributed by atoms with E-state index in [0.29, 0.717) is 11.3 Å². The Morgan fingerprint density at radius 2 is 1.53 bits per heavy atom. The van der Waals surface area contributed by atoms with E-state index in [-0.39, 0.29) is 5.82 Å². The van der Waals surface area contributed by atoms with E-state index in [1.54, 1.807) is 12.1 Å². The van der Waals surface area contributed by atoms with Gasteiger partial charge in [-0.1, -0.05) is 12.1 Å². The van der Waals surface area contributed by atoms with Crippen LogP contribution in [0.15, 0.2) is 47.5 Å². The first-order chi connectivity index (χ1) is 8.15. The number of nitrogens with zero attached hydrogens (tertiary/aromatic N) is 1. The zero-order valence-electron chi connectivity index (χ0n) is 8.70. The van der Waals surface area contributed by atoms with Crippen LogP contribution < -0.4 is 0 Å². The van der Waals surface area contributed by atoms with Crippen molar-refractivity contribution < 1.29 is 13.2 Å². The van der Waals surface area contributed by atoms with E-state index >= 15 is 0 Å². The highest BCUT2D eigenvalue weighted by molar-refractivity contribution is 5.81. The van der Waals surface area contributed by atoms with Gasteiger partial charge in [-0.05, 0) is 29.8 Å².